The van der Waals surface area contributed by atoms with E-state index >= 15 is 0 Å². The fraction of sp³-hybridized carbons (Fsp3) is 0.474. The van der Waals surface area contributed by atoms with Gasteiger partial charge in [-0.2, -0.15) is 13.2 Å². The highest BCUT2D eigenvalue weighted by atomic mass is 19.4. The molecule has 0 spiro atoms. The van der Waals surface area contributed by atoms with Crippen LogP contribution in [0.25, 0.3) is 0 Å². The van der Waals surface area contributed by atoms with Gasteiger partial charge in [-0.1, -0.05) is 19.1 Å². The monoisotopic (exact) mass is 380 g/mol. The first kappa shape index (κ1) is 19.4. The molecule has 5 nitrogen and oxygen atoms in total. The number of nitrogens with one attached hydrogen (secondary N) is 1. The molecule has 1 aromatic carbocycles. The lowest BCUT2D eigenvalue weighted by Gasteiger charge is -2.24. The third-order valence-corrected chi connectivity index (χ3v) is 4.93. The Kier molecular flexibility index (Phi) is 5.84. The van der Waals surface area contributed by atoms with Crippen LogP contribution in [0.5, 0.6) is 0 Å². The first-order valence-corrected chi connectivity index (χ1v) is 8.99. The normalized spacial score (nSPS) is 18.6. The molecule has 0 bridgehead atoms. The van der Waals surface area contributed by atoms with E-state index in [0.29, 0.717) is 12.4 Å². The summed E-state index contributed by atoms with van der Waals surface area (Å²) in [6.07, 6.45) is -0.885. The van der Waals surface area contributed by atoms with Gasteiger partial charge in [0.05, 0.1) is 18.2 Å². The molecule has 2 N–H and O–H groups in total. The predicted molar refractivity (Wildman–Crippen MR) is 97.8 cm³/mol. The largest absolute Gasteiger partial charge is 0.416 e. The molecule has 0 saturated carbocycles. The van der Waals surface area contributed by atoms with Crippen LogP contribution in [-0.4, -0.2) is 40.8 Å². The van der Waals surface area contributed by atoms with Gasteiger partial charge in [-0.3, -0.25) is 0 Å². The van der Waals surface area contributed by atoms with Crippen LogP contribution < -0.4 is 10.2 Å². The molecule has 8 heteroatoms. The summed E-state index contributed by atoms with van der Waals surface area (Å²) in [7, 11) is 0. The minimum atomic E-state index is -4.32. The van der Waals surface area contributed by atoms with Gasteiger partial charge in [0, 0.05) is 19.2 Å². The van der Waals surface area contributed by atoms with Crippen molar-refractivity contribution in [1.29, 1.82) is 0 Å². The summed E-state index contributed by atoms with van der Waals surface area (Å²) in [6, 6.07) is 7.16. The lowest BCUT2D eigenvalue weighted by molar-refractivity contribution is -0.137. The summed E-state index contributed by atoms with van der Waals surface area (Å²) in [5, 5.41) is 12.7. The SMILES string of the molecule is CC(CNc1cc(N2CCCC2CO)ncn1)c1ccc(C(F)(F)F)cc1. The third kappa shape index (κ3) is 4.68. The van der Waals surface area contributed by atoms with E-state index in [4.69, 9.17) is 0 Å². The van der Waals surface area contributed by atoms with Crippen LogP contribution in [0, 0.1) is 0 Å². The summed E-state index contributed by atoms with van der Waals surface area (Å²) in [5.74, 6) is 1.44. The molecule has 3 rings (SSSR count). The average Bonchev–Trinajstić information content (AvgIpc) is 3.14. The zero-order valence-corrected chi connectivity index (χ0v) is 15.1. The third-order valence-electron chi connectivity index (χ3n) is 4.93. The number of nitrogens with zero attached hydrogens (tertiary/aromatic N) is 3. The maximum Gasteiger partial charge on any atom is 0.416 e. The molecular weight excluding hydrogens is 357 g/mol. The summed E-state index contributed by atoms with van der Waals surface area (Å²) < 4.78 is 38.0. The highest BCUT2D eigenvalue weighted by Crippen LogP contribution is 2.30. The first-order chi connectivity index (χ1) is 12.9. The van der Waals surface area contributed by atoms with Crippen LogP contribution in [0.2, 0.25) is 0 Å². The van der Waals surface area contributed by atoms with E-state index < -0.39 is 11.7 Å². The number of aliphatic hydroxyl groups is 1. The number of halogens is 3. The Balaban J connectivity index is 1.62. The Morgan fingerprint density at radius 1 is 1.26 bits per heavy atom. The van der Waals surface area contributed by atoms with Crippen LogP contribution >= 0.6 is 0 Å². The van der Waals surface area contributed by atoms with Gasteiger partial charge in [0.15, 0.2) is 0 Å². The quantitative estimate of drug-likeness (QED) is 0.801. The van der Waals surface area contributed by atoms with Gasteiger partial charge < -0.3 is 15.3 Å². The van der Waals surface area contributed by atoms with E-state index in [0.717, 1.165) is 42.9 Å². The highest BCUT2D eigenvalue weighted by Gasteiger charge is 2.30. The van der Waals surface area contributed by atoms with Crippen LogP contribution in [0.3, 0.4) is 0 Å². The van der Waals surface area contributed by atoms with E-state index in [2.05, 4.69) is 20.2 Å². The van der Waals surface area contributed by atoms with Gasteiger partial charge in [-0.05, 0) is 36.5 Å². The zero-order valence-electron chi connectivity index (χ0n) is 15.1. The molecule has 1 aliphatic rings. The van der Waals surface area contributed by atoms with Crippen molar-refractivity contribution in [3.05, 3.63) is 47.8 Å². The molecule has 1 aliphatic heterocycles. The fourth-order valence-corrected chi connectivity index (χ4v) is 3.30. The molecule has 0 amide bonds. The number of aromatic nitrogens is 2. The number of hydrogen-bond acceptors (Lipinski definition) is 5. The predicted octanol–water partition coefficient (Wildman–Crippen LogP) is 3.67. The zero-order chi connectivity index (χ0) is 19.4. The molecule has 1 aromatic heterocycles. The van der Waals surface area contributed by atoms with Crippen LogP contribution in [-0.2, 0) is 6.18 Å². The van der Waals surface area contributed by atoms with Crippen molar-refractivity contribution in [3.63, 3.8) is 0 Å². The second-order valence-electron chi connectivity index (χ2n) is 6.84. The van der Waals surface area contributed by atoms with Crippen molar-refractivity contribution in [2.24, 2.45) is 0 Å². The second-order valence-corrected chi connectivity index (χ2v) is 6.84. The Bertz CT molecular complexity index is 751. The molecule has 1 saturated heterocycles. The van der Waals surface area contributed by atoms with Gasteiger partial charge in [0.1, 0.15) is 18.0 Å². The molecule has 2 aromatic rings. The lowest BCUT2D eigenvalue weighted by Crippen LogP contribution is -2.32. The molecule has 27 heavy (non-hydrogen) atoms. The van der Waals surface area contributed by atoms with Crippen LogP contribution in [0.4, 0.5) is 24.8 Å². The lowest BCUT2D eigenvalue weighted by atomic mass is 9.99. The average molecular weight is 380 g/mol. The maximum atomic E-state index is 12.7. The molecule has 1 fully saturated rings. The molecule has 146 valence electrons. The Labute approximate surface area is 156 Å². The van der Waals surface area contributed by atoms with Gasteiger partial charge >= 0.3 is 6.18 Å². The Morgan fingerprint density at radius 3 is 2.67 bits per heavy atom. The minimum absolute atomic E-state index is 0.0164. The van der Waals surface area contributed by atoms with Gasteiger partial charge in [0.25, 0.3) is 0 Å². The van der Waals surface area contributed by atoms with Crippen molar-refractivity contribution in [3.8, 4) is 0 Å². The number of alkyl halides is 3. The molecule has 2 unspecified atom stereocenters. The van der Waals surface area contributed by atoms with Crippen molar-refractivity contribution in [1.82, 2.24) is 9.97 Å². The van der Waals surface area contributed by atoms with Gasteiger partial charge in [0.2, 0.25) is 0 Å². The van der Waals surface area contributed by atoms with Crippen LogP contribution in [0.1, 0.15) is 36.8 Å². The summed E-state index contributed by atoms with van der Waals surface area (Å²) in [5.41, 5.74) is 0.181. The van der Waals surface area contributed by atoms with Crippen molar-refractivity contribution < 1.29 is 18.3 Å². The standard InChI is InChI=1S/C19H23F3N4O/c1-13(14-4-6-15(7-5-14)19(20,21)22)10-23-17-9-18(25-12-24-17)26-8-2-3-16(26)11-27/h4-7,9,12-13,16,27H,2-3,8,10-11H2,1H3,(H,23,24,25). The number of benzene rings is 1. The maximum absolute atomic E-state index is 12.7. The number of aliphatic hydroxyl groups excluding tert-OH is 1. The number of anilines is 2. The van der Waals surface area contributed by atoms with Crippen LogP contribution in [0.15, 0.2) is 36.7 Å². The summed E-state index contributed by atoms with van der Waals surface area (Å²) >= 11 is 0. The van der Waals surface area contributed by atoms with Crippen molar-refractivity contribution >= 4 is 11.6 Å². The van der Waals surface area contributed by atoms with E-state index in [9.17, 15) is 18.3 Å². The topological polar surface area (TPSA) is 61.3 Å². The number of rotatable bonds is 6. The minimum Gasteiger partial charge on any atom is -0.394 e. The molecule has 2 atom stereocenters. The van der Waals surface area contributed by atoms with Crippen molar-refractivity contribution in [2.45, 2.75) is 37.9 Å². The van der Waals surface area contributed by atoms with E-state index in [-0.39, 0.29) is 18.6 Å². The summed E-state index contributed by atoms with van der Waals surface area (Å²) in [6.45, 7) is 3.42. The first-order valence-electron chi connectivity index (χ1n) is 8.99. The van der Waals surface area contributed by atoms with Gasteiger partial charge in [-0.15, -0.1) is 0 Å². The molecule has 0 aliphatic carbocycles. The fourth-order valence-electron chi connectivity index (χ4n) is 3.30. The van der Waals surface area contributed by atoms with E-state index in [1.54, 1.807) is 0 Å². The smallest absolute Gasteiger partial charge is 0.394 e. The van der Waals surface area contributed by atoms with E-state index in [1.165, 1.54) is 18.5 Å². The summed E-state index contributed by atoms with van der Waals surface area (Å²) in [4.78, 5) is 10.6. The highest BCUT2D eigenvalue weighted by molar-refractivity contribution is 5.50. The molecule has 2 heterocycles. The molecule has 0 radical (unpaired) electrons. The molecular formula is C19H23F3N4O. The van der Waals surface area contributed by atoms with Gasteiger partial charge in [-0.25, -0.2) is 9.97 Å². The Morgan fingerprint density at radius 2 is 2.00 bits per heavy atom. The second kappa shape index (κ2) is 8.12. The Hall–Kier alpha value is -2.35. The number of hydrogen-bond donors (Lipinski definition) is 2. The van der Waals surface area contributed by atoms with E-state index in [1.807, 2.05) is 13.0 Å². The van der Waals surface area contributed by atoms with Crippen molar-refractivity contribution in [2.75, 3.05) is 29.9 Å².